The van der Waals surface area contributed by atoms with E-state index in [1.807, 2.05) is 0 Å². The van der Waals surface area contributed by atoms with Crippen molar-refractivity contribution in [2.24, 2.45) is 0 Å². The predicted octanol–water partition coefficient (Wildman–Crippen LogP) is 2.79. The molecular formula is C15H12FNO4. The van der Waals surface area contributed by atoms with Crippen LogP contribution in [0.3, 0.4) is 0 Å². The van der Waals surface area contributed by atoms with Crippen molar-refractivity contribution in [1.29, 1.82) is 0 Å². The van der Waals surface area contributed by atoms with E-state index in [-0.39, 0.29) is 22.6 Å². The topological polar surface area (TPSA) is 86.6 Å². The molecule has 0 heterocycles. The van der Waals surface area contributed by atoms with Gasteiger partial charge in [0.1, 0.15) is 11.6 Å². The number of anilines is 1. The molecule has 6 heteroatoms. The van der Waals surface area contributed by atoms with Gasteiger partial charge in [-0.15, -0.1) is 0 Å². The monoisotopic (exact) mass is 289 g/mol. The van der Waals surface area contributed by atoms with Gasteiger partial charge >= 0.3 is 5.97 Å². The molecule has 0 atom stereocenters. The van der Waals surface area contributed by atoms with Crippen LogP contribution >= 0.6 is 0 Å². The van der Waals surface area contributed by atoms with Crippen molar-refractivity contribution in [3.05, 3.63) is 58.9 Å². The molecule has 0 aromatic heterocycles. The molecule has 108 valence electrons. The van der Waals surface area contributed by atoms with Crippen molar-refractivity contribution in [3.63, 3.8) is 0 Å². The highest BCUT2D eigenvalue weighted by molar-refractivity contribution is 6.07. The lowest BCUT2D eigenvalue weighted by atomic mass is 10.1. The predicted molar refractivity (Wildman–Crippen MR) is 74.2 cm³/mol. The van der Waals surface area contributed by atoms with Gasteiger partial charge in [0.15, 0.2) is 0 Å². The fraction of sp³-hybridized carbons (Fsp3) is 0.0667. The number of carbonyl (C=O) groups is 2. The van der Waals surface area contributed by atoms with Crippen molar-refractivity contribution < 1.29 is 24.2 Å². The SMILES string of the molecule is Cc1ccc(C(=O)Nc2cc(F)ccc2C(=O)O)cc1O. The van der Waals surface area contributed by atoms with E-state index in [1.165, 1.54) is 12.1 Å². The zero-order chi connectivity index (χ0) is 15.6. The van der Waals surface area contributed by atoms with Crippen molar-refractivity contribution in [2.75, 3.05) is 5.32 Å². The summed E-state index contributed by atoms with van der Waals surface area (Å²) in [7, 11) is 0. The highest BCUT2D eigenvalue weighted by atomic mass is 19.1. The van der Waals surface area contributed by atoms with E-state index in [0.29, 0.717) is 5.56 Å². The van der Waals surface area contributed by atoms with Gasteiger partial charge in [0.25, 0.3) is 5.91 Å². The Hall–Kier alpha value is -2.89. The standard InChI is InChI=1S/C15H12FNO4/c1-8-2-3-9(6-13(8)18)14(19)17-12-7-10(16)4-5-11(12)15(20)21/h2-7,18H,1H3,(H,17,19)(H,20,21). The number of phenols is 1. The number of benzene rings is 2. The molecule has 0 fully saturated rings. The summed E-state index contributed by atoms with van der Waals surface area (Å²) < 4.78 is 13.2. The first kappa shape index (κ1) is 14.5. The van der Waals surface area contributed by atoms with Gasteiger partial charge in [-0.1, -0.05) is 6.07 Å². The number of aryl methyl sites for hydroxylation is 1. The van der Waals surface area contributed by atoms with Gasteiger partial charge in [-0.3, -0.25) is 4.79 Å². The Morgan fingerprint density at radius 2 is 1.86 bits per heavy atom. The van der Waals surface area contributed by atoms with Gasteiger partial charge in [0, 0.05) is 5.56 Å². The molecule has 0 saturated heterocycles. The van der Waals surface area contributed by atoms with Crippen LogP contribution < -0.4 is 5.32 Å². The quantitative estimate of drug-likeness (QED) is 0.811. The number of hydrogen-bond donors (Lipinski definition) is 3. The number of nitrogens with one attached hydrogen (secondary N) is 1. The number of carbonyl (C=O) groups excluding carboxylic acids is 1. The zero-order valence-corrected chi connectivity index (χ0v) is 11.1. The van der Waals surface area contributed by atoms with Crippen LogP contribution in [0.2, 0.25) is 0 Å². The Morgan fingerprint density at radius 3 is 2.48 bits per heavy atom. The number of amides is 1. The van der Waals surface area contributed by atoms with E-state index in [4.69, 9.17) is 5.11 Å². The number of rotatable bonds is 3. The lowest BCUT2D eigenvalue weighted by Gasteiger charge is -2.09. The van der Waals surface area contributed by atoms with E-state index in [0.717, 1.165) is 18.2 Å². The lowest BCUT2D eigenvalue weighted by Crippen LogP contribution is -2.15. The fourth-order valence-corrected chi connectivity index (χ4v) is 1.75. The van der Waals surface area contributed by atoms with Crippen molar-refractivity contribution in [3.8, 4) is 5.75 Å². The molecule has 1 amide bonds. The summed E-state index contributed by atoms with van der Waals surface area (Å²) in [6.07, 6.45) is 0. The summed E-state index contributed by atoms with van der Waals surface area (Å²) in [5, 5.41) is 20.9. The van der Waals surface area contributed by atoms with Crippen LogP contribution in [0.25, 0.3) is 0 Å². The summed E-state index contributed by atoms with van der Waals surface area (Å²) in [6, 6.07) is 7.27. The first-order valence-corrected chi connectivity index (χ1v) is 6.02. The molecule has 0 aliphatic heterocycles. The summed E-state index contributed by atoms with van der Waals surface area (Å²) in [5.74, 6) is -2.64. The van der Waals surface area contributed by atoms with Crippen LogP contribution in [0.4, 0.5) is 10.1 Å². The van der Waals surface area contributed by atoms with Crippen molar-refractivity contribution in [1.82, 2.24) is 0 Å². The first-order valence-electron chi connectivity index (χ1n) is 6.02. The molecule has 0 bridgehead atoms. The largest absolute Gasteiger partial charge is 0.508 e. The molecule has 0 aliphatic carbocycles. The van der Waals surface area contributed by atoms with Crippen molar-refractivity contribution in [2.45, 2.75) is 6.92 Å². The summed E-state index contributed by atoms with van der Waals surface area (Å²) in [6.45, 7) is 1.67. The van der Waals surface area contributed by atoms with Crippen LogP contribution in [-0.4, -0.2) is 22.1 Å². The second-order valence-electron chi connectivity index (χ2n) is 4.45. The minimum absolute atomic E-state index is 0.0552. The number of carboxylic acids is 1. The smallest absolute Gasteiger partial charge is 0.337 e. The van der Waals surface area contributed by atoms with E-state index >= 15 is 0 Å². The third-order valence-electron chi connectivity index (χ3n) is 2.93. The molecule has 5 nitrogen and oxygen atoms in total. The minimum Gasteiger partial charge on any atom is -0.508 e. The Kier molecular flexibility index (Phi) is 3.89. The van der Waals surface area contributed by atoms with Gasteiger partial charge in [0.2, 0.25) is 0 Å². The molecule has 0 saturated carbocycles. The third-order valence-corrected chi connectivity index (χ3v) is 2.93. The number of aromatic hydroxyl groups is 1. The molecule has 0 unspecified atom stereocenters. The lowest BCUT2D eigenvalue weighted by molar-refractivity contribution is 0.0698. The normalized spacial score (nSPS) is 10.2. The number of phenolic OH excluding ortho intramolecular Hbond substituents is 1. The van der Waals surface area contributed by atoms with E-state index in [2.05, 4.69) is 5.32 Å². The molecule has 21 heavy (non-hydrogen) atoms. The van der Waals surface area contributed by atoms with Crippen LogP contribution in [0.1, 0.15) is 26.3 Å². The number of carboxylic acid groups (broad SMARTS) is 1. The van der Waals surface area contributed by atoms with Crippen LogP contribution in [0.5, 0.6) is 5.75 Å². The Balaban J connectivity index is 2.33. The van der Waals surface area contributed by atoms with Gasteiger partial charge in [-0.25, -0.2) is 9.18 Å². The van der Waals surface area contributed by atoms with E-state index < -0.39 is 17.7 Å². The zero-order valence-electron chi connectivity index (χ0n) is 11.1. The molecule has 0 spiro atoms. The van der Waals surface area contributed by atoms with Crippen molar-refractivity contribution >= 4 is 17.6 Å². The maximum Gasteiger partial charge on any atom is 0.337 e. The van der Waals surface area contributed by atoms with Gasteiger partial charge in [-0.2, -0.15) is 0 Å². The van der Waals surface area contributed by atoms with Crippen LogP contribution in [-0.2, 0) is 0 Å². The molecule has 2 aromatic rings. The second kappa shape index (κ2) is 5.62. The Bertz CT molecular complexity index is 728. The number of hydrogen-bond acceptors (Lipinski definition) is 3. The fourth-order valence-electron chi connectivity index (χ4n) is 1.75. The van der Waals surface area contributed by atoms with Crippen LogP contribution in [0, 0.1) is 12.7 Å². The van der Waals surface area contributed by atoms with Gasteiger partial charge < -0.3 is 15.5 Å². The molecular weight excluding hydrogens is 277 g/mol. The Labute approximate surface area is 119 Å². The molecule has 2 rings (SSSR count). The van der Waals surface area contributed by atoms with E-state index in [9.17, 15) is 19.1 Å². The highest BCUT2D eigenvalue weighted by Crippen LogP contribution is 2.21. The summed E-state index contributed by atoms with van der Waals surface area (Å²) >= 11 is 0. The number of halogens is 1. The third kappa shape index (κ3) is 3.17. The summed E-state index contributed by atoms with van der Waals surface area (Å²) in [4.78, 5) is 23.1. The van der Waals surface area contributed by atoms with Crippen LogP contribution in [0.15, 0.2) is 36.4 Å². The second-order valence-corrected chi connectivity index (χ2v) is 4.45. The maximum absolute atomic E-state index is 13.2. The Morgan fingerprint density at radius 1 is 1.14 bits per heavy atom. The average Bonchev–Trinajstić information content (AvgIpc) is 2.41. The summed E-state index contributed by atoms with van der Waals surface area (Å²) in [5.41, 5.74) is 0.371. The average molecular weight is 289 g/mol. The molecule has 0 aliphatic rings. The highest BCUT2D eigenvalue weighted by Gasteiger charge is 2.15. The molecule has 0 radical (unpaired) electrons. The maximum atomic E-state index is 13.2. The van der Waals surface area contributed by atoms with Gasteiger partial charge in [-0.05, 0) is 42.8 Å². The van der Waals surface area contributed by atoms with E-state index in [1.54, 1.807) is 13.0 Å². The first-order chi connectivity index (χ1) is 9.88. The van der Waals surface area contributed by atoms with Gasteiger partial charge in [0.05, 0.1) is 11.3 Å². The number of aromatic carboxylic acids is 1. The minimum atomic E-state index is -1.28. The molecule has 3 N–H and O–H groups in total. The molecule has 2 aromatic carbocycles.